The average Bonchev–Trinajstić information content (AvgIpc) is 2.70. The van der Waals surface area contributed by atoms with E-state index in [9.17, 15) is 0 Å². The van der Waals surface area contributed by atoms with Gasteiger partial charge in [0, 0.05) is 23.6 Å². The summed E-state index contributed by atoms with van der Waals surface area (Å²) in [5.41, 5.74) is 7.32. The molecule has 2 rings (SSSR count). The summed E-state index contributed by atoms with van der Waals surface area (Å²) < 4.78 is 1.14. The van der Waals surface area contributed by atoms with Gasteiger partial charge in [0.25, 0.3) is 0 Å². The van der Waals surface area contributed by atoms with Crippen molar-refractivity contribution in [2.24, 2.45) is 11.7 Å². The Labute approximate surface area is 106 Å². The van der Waals surface area contributed by atoms with Crippen LogP contribution >= 0.6 is 15.9 Å². The average molecular weight is 283 g/mol. The standard InChI is InChI=1S/C13H19BrN2/c1-10(15)12-6-7-16(9-12)8-11-2-4-13(14)5-3-11/h2-5,10,12H,6-9,15H2,1H3. The van der Waals surface area contributed by atoms with Gasteiger partial charge in [-0.15, -0.1) is 0 Å². The summed E-state index contributed by atoms with van der Waals surface area (Å²) in [6.45, 7) is 5.50. The van der Waals surface area contributed by atoms with Gasteiger partial charge < -0.3 is 5.73 Å². The van der Waals surface area contributed by atoms with Crippen LogP contribution in [0.3, 0.4) is 0 Å². The SMILES string of the molecule is CC(N)C1CCN(Cc2ccc(Br)cc2)C1. The molecule has 1 aliphatic heterocycles. The fourth-order valence-corrected chi connectivity index (χ4v) is 2.55. The Morgan fingerprint density at radius 1 is 1.44 bits per heavy atom. The Bertz CT molecular complexity index is 334. The fourth-order valence-electron chi connectivity index (χ4n) is 2.28. The van der Waals surface area contributed by atoms with Crippen molar-refractivity contribution in [2.75, 3.05) is 13.1 Å². The Morgan fingerprint density at radius 2 is 2.12 bits per heavy atom. The third kappa shape index (κ3) is 3.06. The molecule has 3 heteroatoms. The maximum atomic E-state index is 5.94. The van der Waals surface area contributed by atoms with Gasteiger partial charge in [0.2, 0.25) is 0 Å². The van der Waals surface area contributed by atoms with E-state index in [1.165, 1.54) is 18.5 Å². The first-order chi connectivity index (χ1) is 7.65. The van der Waals surface area contributed by atoms with Gasteiger partial charge >= 0.3 is 0 Å². The minimum Gasteiger partial charge on any atom is -0.328 e. The van der Waals surface area contributed by atoms with Crippen molar-refractivity contribution in [1.29, 1.82) is 0 Å². The van der Waals surface area contributed by atoms with Crippen LogP contribution in [0, 0.1) is 5.92 Å². The van der Waals surface area contributed by atoms with Crippen LogP contribution < -0.4 is 5.73 Å². The molecule has 2 unspecified atom stereocenters. The molecule has 0 bridgehead atoms. The lowest BCUT2D eigenvalue weighted by molar-refractivity contribution is 0.308. The quantitative estimate of drug-likeness (QED) is 0.924. The maximum Gasteiger partial charge on any atom is 0.0233 e. The molecule has 1 aromatic carbocycles. The highest BCUT2D eigenvalue weighted by Gasteiger charge is 2.24. The second-order valence-corrected chi connectivity index (χ2v) is 5.69. The zero-order chi connectivity index (χ0) is 11.5. The lowest BCUT2D eigenvalue weighted by Gasteiger charge is -2.17. The molecule has 0 amide bonds. The summed E-state index contributed by atoms with van der Waals surface area (Å²) >= 11 is 3.46. The summed E-state index contributed by atoms with van der Waals surface area (Å²) in [7, 11) is 0. The van der Waals surface area contributed by atoms with Crippen molar-refractivity contribution in [3.05, 3.63) is 34.3 Å². The van der Waals surface area contributed by atoms with Gasteiger partial charge in [-0.1, -0.05) is 28.1 Å². The number of rotatable bonds is 3. The van der Waals surface area contributed by atoms with E-state index in [1.54, 1.807) is 0 Å². The third-order valence-corrected chi connectivity index (χ3v) is 3.90. The van der Waals surface area contributed by atoms with Gasteiger partial charge in [-0.3, -0.25) is 4.90 Å². The van der Waals surface area contributed by atoms with E-state index >= 15 is 0 Å². The number of nitrogens with zero attached hydrogens (tertiary/aromatic N) is 1. The molecule has 0 saturated carbocycles. The molecule has 88 valence electrons. The summed E-state index contributed by atoms with van der Waals surface area (Å²) in [4.78, 5) is 2.50. The van der Waals surface area contributed by atoms with E-state index in [-0.39, 0.29) is 0 Å². The monoisotopic (exact) mass is 282 g/mol. The number of hydrogen-bond donors (Lipinski definition) is 1. The lowest BCUT2D eigenvalue weighted by Crippen LogP contribution is -2.29. The minimum absolute atomic E-state index is 0.329. The van der Waals surface area contributed by atoms with E-state index in [0.717, 1.165) is 17.6 Å². The smallest absolute Gasteiger partial charge is 0.0233 e. The Kier molecular flexibility index (Phi) is 4.00. The van der Waals surface area contributed by atoms with Crippen LogP contribution in [0.15, 0.2) is 28.7 Å². The first-order valence-corrected chi connectivity index (χ1v) is 6.67. The molecule has 16 heavy (non-hydrogen) atoms. The predicted octanol–water partition coefficient (Wildman–Crippen LogP) is 2.62. The fraction of sp³-hybridized carbons (Fsp3) is 0.538. The zero-order valence-corrected chi connectivity index (χ0v) is 11.3. The van der Waals surface area contributed by atoms with Crippen LogP contribution in [0.2, 0.25) is 0 Å². The number of likely N-dealkylation sites (tertiary alicyclic amines) is 1. The van der Waals surface area contributed by atoms with E-state index in [0.29, 0.717) is 12.0 Å². The first-order valence-electron chi connectivity index (χ1n) is 5.87. The summed E-state index contributed by atoms with van der Waals surface area (Å²) in [5, 5.41) is 0. The third-order valence-electron chi connectivity index (χ3n) is 3.37. The second-order valence-electron chi connectivity index (χ2n) is 4.77. The van der Waals surface area contributed by atoms with E-state index < -0.39 is 0 Å². The van der Waals surface area contributed by atoms with Gasteiger partial charge in [-0.05, 0) is 43.5 Å². The van der Waals surface area contributed by atoms with Crippen LogP contribution in [-0.2, 0) is 6.54 Å². The molecule has 1 aromatic rings. The molecule has 2 nitrogen and oxygen atoms in total. The van der Waals surface area contributed by atoms with E-state index in [4.69, 9.17) is 5.73 Å². The molecule has 1 heterocycles. The highest BCUT2D eigenvalue weighted by Crippen LogP contribution is 2.21. The topological polar surface area (TPSA) is 29.3 Å². The van der Waals surface area contributed by atoms with Crippen molar-refractivity contribution >= 4 is 15.9 Å². The summed E-state index contributed by atoms with van der Waals surface area (Å²) in [5.74, 6) is 0.676. The molecular weight excluding hydrogens is 264 g/mol. The van der Waals surface area contributed by atoms with E-state index in [1.807, 2.05) is 0 Å². The molecule has 1 saturated heterocycles. The van der Waals surface area contributed by atoms with E-state index in [2.05, 4.69) is 52.0 Å². The number of hydrogen-bond acceptors (Lipinski definition) is 2. The van der Waals surface area contributed by atoms with Gasteiger partial charge in [-0.25, -0.2) is 0 Å². The molecular formula is C13H19BrN2. The number of benzene rings is 1. The number of nitrogens with two attached hydrogens (primary N) is 1. The predicted molar refractivity (Wildman–Crippen MR) is 71.2 cm³/mol. The van der Waals surface area contributed by atoms with Crippen LogP contribution in [0.25, 0.3) is 0 Å². The van der Waals surface area contributed by atoms with Gasteiger partial charge in [-0.2, -0.15) is 0 Å². The minimum atomic E-state index is 0.329. The number of halogens is 1. The van der Waals surface area contributed by atoms with Crippen LogP contribution in [0.1, 0.15) is 18.9 Å². The maximum absolute atomic E-state index is 5.94. The first kappa shape index (κ1) is 12.1. The normalized spacial score (nSPS) is 23.6. The lowest BCUT2D eigenvalue weighted by atomic mass is 10.0. The summed E-state index contributed by atoms with van der Waals surface area (Å²) in [6.07, 6.45) is 1.24. The highest BCUT2D eigenvalue weighted by molar-refractivity contribution is 9.10. The largest absolute Gasteiger partial charge is 0.328 e. The molecule has 1 aliphatic rings. The molecule has 0 spiro atoms. The van der Waals surface area contributed by atoms with Gasteiger partial charge in [0.1, 0.15) is 0 Å². The van der Waals surface area contributed by atoms with Crippen LogP contribution in [0.4, 0.5) is 0 Å². The summed E-state index contributed by atoms with van der Waals surface area (Å²) in [6, 6.07) is 8.91. The molecule has 0 aromatic heterocycles. The van der Waals surface area contributed by atoms with Crippen molar-refractivity contribution in [2.45, 2.75) is 25.9 Å². The highest BCUT2D eigenvalue weighted by atomic mass is 79.9. The van der Waals surface area contributed by atoms with Crippen molar-refractivity contribution < 1.29 is 0 Å². The molecule has 2 N–H and O–H groups in total. The van der Waals surface area contributed by atoms with Crippen molar-refractivity contribution in [3.63, 3.8) is 0 Å². The second kappa shape index (κ2) is 5.30. The molecule has 0 radical (unpaired) electrons. The van der Waals surface area contributed by atoms with Gasteiger partial charge in [0.15, 0.2) is 0 Å². The molecule has 2 atom stereocenters. The Morgan fingerprint density at radius 3 is 2.69 bits per heavy atom. The van der Waals surface area contributed by atoms with Crippen molar-refractivity contribution in [3.8, 4) is 0 Å². The van der Waals surface area contributed by atoms with Gasteiger partial charge in [0.05, 0.1) is 0 Å². The van der Waals surface area contributed by atoms with Crippen LogP contribution in [-0.4, -0.2) is 24.0 Å². The Hall–Kier alpha value is -0.380. The Balaban J connectivity index is 1.89. The molecule has 1 fully saturated rings. The zero-order valence-electron chi connectivity index (χ0n) is 9.70. The van der Waals surface area contributed by atoms with Crippen molar-refractivity contribution in [1.82, 2.24) is 4.90 Å². The molecule has 0 aliphatic carbocycles. The van der Waals surface area contributed by atoms with Crippen LogP contribution in [0.5, 0.6) is 0 Å².